The highest BCUT2D eigenvalue weighted by Crippen LogP contribution is 2.40. The molecule has 0 radical (unpaired) electrons. The molecular formula is C34H37N3O4S. The molecule has 5 rings (SSSR count). The molecule has 4 aromatic rings. The fraction of sp³-hybridized carbons (Fsp3) is 0.324. The van der Waals surface area contributed by atoms with Crippen LogP contribution in [0.25, 0.3) is 20.5 Å². The van der Waals surface area contributed by atoms with Gasteiger partial charge in [-0.2, -0.15) is 0 Å². The molecule has 0 saturated carbocycles. The number of thiophene rings is 1. The first kappa shape index (κ1) is 29.5. The molecule has 1 fully saturated rings. The van der Waals surface area contributed by atoms with E-state index in [1.165, 1.54) is 30.6 Å². The molecule has 0 bridgehead atoms. The number of rotatable bonds is 11. The fourth-order valence-corrected chi connectivity index (χ4v) is 6.53. The van der Waals surface area contributed by atoms with Crippen LogP contribution in [0.1, 0.15) is 69.7 Å². The highest BCUT2D eigenvalue weighted by molar-refractivity contribution is 7.22. The van der Waals surface area contributed by atoms with E-state index >= 15 is 0 Å². The Morgan fingerprint density at radius 2 is 1.40 bits per heavy atom. The van der Waals surface area contributed by atoms with E-state index in [9.17, 15) is 14.4 Å². The van der Waals surface area contributed by atoms with E-state index in [1.807, 2.05) is 62.4 Å². The number of ether oxygens (including phenoxy) is 1. The number of carbonyl (C=O) groups excluding carboxylic acids is 3. The summed E-state index contributed by atoms with van der Waals surface area (Å²) in [7, 11) is 0. The van der Waals surface area contributed by atoms with E-state index in [0.717, 1.165) is 45.9 Å². The van der Waals surface area contributed by atoms with Gasteiger partial charge in [-0.25, -0.2) is 0 Å². The average molecular weight is 584 g/mol. The van der Waals surface area contributed by atoms with Crippen LogP contribution in [0.5, 0.6) is 5.75 Å². The number of hydrogen-bond donors (Lipinski definition) is 2. The summed E-state index contributed by atoms with van der Waals surface area (Å²) in [6.07, 6.45) is 3.81. The monoisotopic (exact) mass is 583 g/mol. The Bertz CT molecular complexity index is 1550. The van der Waals surface area contributed by atoms with Crippen LogP contribution >= 0.6 is 11.3 Å². The minimum atomic E-state index is -0.149. The molecule has 0 atom stereocenters. The lowest BCUT2D eigenvalue weighted by atomic mass is 9.96. The van der Waals surface area contributed by atoms with Crippen LogP contribution in [0.2, 0.25) is 0 Å². The van der Waals surface area contributed by atoms with Gasteiger partial charge in [0.25, 0.3) is 11.8 Å². The Morgan fingerprint density at radius 1 is 0.786 bits per heavy atom. The van der Waals surface area contributed by atoms with Gasteiger partial charge < -0.3 is 15.4 Å². The number of nitrogens with zero attached hydrogens (tertiary/aromatic N) is 1. The van der Waals surface area contributed by atoms with Crippen LogP contribution in [0, 0.1) is 0 Å². The van der Waals surface area contributed by atoms with Gasteiger partial charge >= 0.3 is 0 Å². The minimum Gasteiger partial charge on any atom is -0.492 e. The summed E-state index contributed by atoms with van der Waals surface area (Å²) >= 11 is 1.47. The lowest BCUT2D eigenvalue weighted by molar-refractivity contribution is 0.0947. The average Bonchev–Trinajstić information content (AvgIpc) is 3.41. The summed E-state index contributed by atoms with van der Waals surface area (Å²) in [4.78, 5) is 42.1. The summed E-state index contributed by atoms with van der Waals surface area (Å²) in [6, 6.07) is 20.1. The third-order valence-electron chi connectivity index (χ3n) is 7.50. The van der Waals surface area contributed by atoms with Gasteiger partial charge in [0.05, 0.1) is 0 Å². The van der Waals surface area contributed by atoms with Crippen molar-refractivity contribution < 1.29 is 19.1 Å². The molecule has 1 saturated heterocycles. The van der Waals surface area contributed by atoms with E-state index in [4.69, 9.17) is 4.74 Å². The van der Waals surface area contributed by atoms with Crippen molar-refractivity contribution in [2.45, 2.75) is 33.1 Å². The first-order chi connectivity index (χ1) is 20.5. The maximum absolute atomic E-state index is 14.0. The standard InChI is InChI=1S/C34H37N3O4S/c1-3-35-33(39)25-10-8-24(9-11-25)32-30(28-17-14-26(22-29(28)42-32)34(40)36-4-2)31(38)23-12-15-27(16-13-23)41-21-20-37-18-6-5-7-19-37/h8-17,22H,3-7,18-21H2,1-2H3,(H,35,39)(H,36,40). The first-order valence-electron chi connectivity index (χ1n) is 14.7. The number of amides is 2. The molecule has 2 amide bonds. The van der Waals surface area contributed by atoms with Gasteiger partial charge in [-0.15, -0.1) is 11.3 Å². The number of carbonyl (C=O) groups is 3. The Labute approximate surface area is 250 Å². The summed E-state index contributed by atoms with van der Waals surface area (Å²) in [5, 5.41) is 6.45. The van der Waals surface area contributed by atoms with Crippen LogP contribution in [0.15, 0.2) is 66.7 Å². The summed E-state index contributed by atoms with van der Waals surface area (Å²) < 4.78 is 6.83. The smallest absolute Gasteiger partial charge is 0.251 e. The number of piperidine rings is 1. The summed E-state index contributed by atoms with van der Waals surface area (Å²) in [5.74, 6) is 0.354. The van der Waals surface area contributed by atoms with E-state index in [1.54, 1.807) is 18.2 Å². The van der Waals surface area contributed by atoms with Crippen molar-refractivity contribution in [3.8, 4) is 16.2 Å². The fourth-order valence-electron chi connectivity index (χ4n) is 5.29. The highest BCUT2D eigenvalue weighted by atomic mass is 32.1. The lowest BCUT2D eigenvalue weighted by Crippen LogP contribution is -2.33. The number of ketones is 1. The van der Waals surface area contributed by atoms with Gasteiger partial charge in [-0.1, -0.05) is 24.6 Å². The minimum absolute atomic E-state index is 0.102. The molecule has 1 aromatic heterocycles. The molecule has 2 N–H and O–H groups in total. The van der Waals surface area contributed by atoms with Crippen LogP contribution < -0.4 is 15.4 Å². The SMILES string of the molecule is CCNC(=O)c1ccc(-c2sc3cc(C(=O)NCC)ccc3c2C(=O)c2ccc(OCCN3CCCCC3)cc2)cc1. The topological polar surface area (TPSA) is 87.7 Å². The third kappa shape index (κ3) is 6.72. The summed E-state index contributed by atoms with van der Waals surface area (Å²) in [5.41, 5.74) is 3.09. The second-order valence-corrected chi connectivity index (χ2v) is 11.5. The number of hydrogen-bond acceptors (Lipinski definition) is 6. The van der Waals surface area contributed by atoms with Crippen molar-refractivity contribution in [3.05, 3.63) is 89.0 Å². The van der Waals surface area contributed by atoms with Gasteiger partial charge in [-0.3, -0.25) is 19.3 Å². The lowest BCUT2D eigenvalue weighted by Gasteiger charge is -2.26. The van der Waals surface area contributed by atoms with Crippen molar-refractivity contribution in [2.75, 3.05) is 39.3 Å². The van der Waals surface area contributed by atoms with Crippen LogP contribution in [-0.2, 0) is 0 Å². The van der Waals surface area contributed by atoms with Crippen LogP contribution in [0.4, 0.5) is 0 Å². The molecule has 1 aliphatic heterocycles. The number of benzene rings is 3. The molecule has 218 valence electrons. The zero-order valence-corrected chi connectivity index (χ0v) is 25.0. The Morgan fingerprint density at radius 3 is 2.07 bits per heavy atom. The Hall–Kier alpha value is -4.01. The van der Waals surface area contributed by atoms with Gasteiger partial charge in [0.15, 0.2) is 5.78 Å². The molecule has 1 aliphatic rings. The molecule has 42 heavy (non-hydrogen) atoms. The molecule has 3 aromatic carbocycles. The molecule has 7 nitrogen and oxygen atoms in total. The Balaban J connectivity index is 1.43. The first-order valence-corrected chi connectivity index (χ1v) is 15.5. The normalized spacial score (nSPS) is 13.6. The van der Waals surface area contributed by atoms with Crippen molar-refractivity contribution in [2.24, 2.45) is 0 Å². The van der Waals surface area contributed by atoms with E-state index < -0.39 is 0 Å². The van der Waals surface area contributed by atoms with Crippen molar-refractivity contribution in [3.63, 3.8) is 0 Å². The van der Waals surface area contributed by atoms with Crippen LogP contribution in [0.3, 0.4) is 0 Å². The third-order valence-corrected chi connectivity index (χ3v) is 8.71. The number of fused-ring (bicyclic) bond motifs is 1. The maximum atomic E-state index is 14.0. The molecule has 0 spiro atoms. The quantitative estimate of drug-likeness (QED) is 0.207. The van der Waals surface area contributed by atoms with E-state index in [2.05, 4.69) is 15.5 Å². The zero-order chi connectivity index (χ0) is 29.5. The van der Waals surface area contributed by atoms with E-state index in [-0.39, 0.29) is 17.6 Å². The van der Waals surface area contributed by atoms with Gasteiger partial charge in [0, 0.05) is 56.9 Å². The second-order valence-electron chi connectivity index (χ2n) is 10.4. The largest absolute Gasteiger partial charge is 0.492 e. The second kappa shape index (κ2) is 13.8. The molecule has 0 aliphatic carbocycles. The van der Waals surface area contributed by atoms with Gasteiger partial charge in [0.2, 0.25) is 0 Å². The molecule has 2 heterocycles. The predicted molar refractivity (Wildman–Crippen MR) is 169 cm³/mol. The van der Waals surface area contributed by atoms with E-state index in [0.29, 0.717) is 42.0 Å². The maximum Gasteiger partial charge on any atom is 0.251 e. The summed E-state index contributed by atoms with van der Waals surface area (Å²) in [6.45, 7) is 8.63. The Kier molecular flexibility index (Phi) is 9.66. The molecule has 8 heteroatoms. The van der Waals surface area contributed by atoms with Gasteiger partial charge in [0.1, 0.15) is 12.4 Å². The van der Waals surface area contributed by atoms with Crippen LogP contribution in [-0.4, -0.2) is 61.8 Å². The zero-order valence-electron chi connectivity index (χ0n) is 24.2. The van der Waals surface area contributed by atoms with Crippen molar-refractivity contribution >= 4 is 39.0 Å². The van der Waals surface area contributed by atoms with Crippen molar-refractivity contribution in [1.82, 2.24) is 15.5 Å². The molecule has 0 unspecified atom stereocenters. The number of nitrogens with one attached hydrogen (secondary N) is 2. The molecular weight excluding hydrogens is 546 g/mol. The van der Waals surface area contributed by atoms with Crippen molar-refractivity contribution in [1.29, 1.82) is 0 Å². The highest BCUT2D eigenvalue weighted by Gasteiger charge is 2.23. The number of likely N-dealkylation sites (tertiary alicyclic amines) is 1. The predicted octanol–water partition coefficient (Wildman–Crippen LogP) is 6.16. The van der Waals surface area contributed by atoms with Gasteiger partial charge in [-0.05, 0) is 93.9 Å².